The SMILES string of the molecule is COc1ccc2nc(/C=C/c3ccc(OC)c(OC)c3)[nH]c2c1. The molecule has 1 N–H and O–H groups in total. The van der Waals surface area contributed by atoms with Gasteiger partial charge in [-0.3, -0.25) is 0 Å². The second kappa shape index (κ2) is 6.44. The molecule has 2 aromatic carbocycles. The second-order valence-corrected chi connectivity index (χ2v) is 4.95. The predicted molar refractivity (Wildman–Crippen MR) is 91.1 cm³/mol. The molecule has 0 unspecified atom stereocenters. The summed E-state index contributed by atoms with van der Waals surface area (Å²) in [6.07, 6.45) is 3.89. The third kappa shape index (κ3) is 3.13. The highest BCUT2D eigenvalue weighted by atomic mass is 16.5. The van der Waals surface area contributed by atoms with Crippen LogP contribution in [0, 0.1) is 0 Å². The van der Waals surface area contributed by atoms with E-state index in [-0.39, 0.29) is 0 Å². The lowest BCUT2D eigenvalue weighted by atomic mass is 10.2. The highest BCUT2D eigenvalue weighted by Gasteiger charge is 2.04. The number of benzene rings is 2. The fraction of sp³-hybridized carbons (Fsp3) is 0.167. The first-order valence-electron chi connectivity index (χ1n) is 7.17. The Morgan fingerprint density at radius 1 is 0.870 bits per heavy atom. The van der Waals surface area contributed by atoms with Crippen LogP contribution in [0.2, 0.25) is 0 Å². The molecular weight excluding hydrogens is 292 g/mol. The molecule has 0 aliphatic rings. The summed E-state index contributed by atoms with van der Waals surface area (Å²) in [5.74, 6) is 2.99. The number of nitrogens with one attached hydrogen (secondary N) is 1. The van der Waals surface area contributed by atoms with E-state index in [9.17, 15) is 0 Å². The summed E-state index contributed by atoms with van der Waals surface area (Å²) in [6, 6.07) is 11.5. The number of aromatic nitrogens is 2. The monoisotopic (exact) mass is 310 g/mol. The van der Waals surface area contributed by atoms with Gasteiger partial charge in [-0.05, 0) is 35.9 Å². The molecule has 5 nitrogen and oxygen atoms in total. The fourth-order valence-corrected chi connectivity index (χ4v) is 2.35. The number of fused-ring (bicyclic) bond motifs is 1. The molecule has 0 aliphatic carbocycles. The van der Waals surface area contributed by atoms with Crippen LogP contribution >= 0.6 is 0 Å². The average molecular weight is 310 g/mol. The Morgan fingerprint density at radius 3 is 2.43 bits per heavy atom. The quantitative estimate of drug-likeness (QED) is 0.779. The Bertz CT molecular complexity index is 853. The molecule has 0 fully saturated rings. The molecule has 5 heteroatoms. The van der Waals surface area contributed by atoms with E-state index in [1.54, 1.807) is 21.3 Å². The summed E-state index contributed by atoms with van der Waals surface area (Å²) in [5.41, 5.74) is 2.84. The zero-order chi connectivity index (χ0) is 16.2. The lowest BCUT2D eigenvalue weighted by Crippen LogP contribution is -1.90. The number of H-pyrrole nitrogens is 1. The van der Waals surface area contributed by atoms with Crippen LogP contribution in [0.25, 0.3) is 23.2 Å². The Kier molecular flexibility index (Phi) is 4.19. The van der Waals surface area contributed by atoms with E-state index in [1.807, 2.05) is 48.6 Å². The van der Waals surface area contributed by atoms with Gasteiger partial charge in [0.2, 0.25) is 0 Å². The minimum absolute atomic E-state index is 0.698. The first-order valence-corrected chi connectivity index (χ1v) is 7.17. The van der Waals surface area contributed by atoms with E-state index >= 15 is 0 Å². The number of ether oxygens (including phenoxy) is 3. The van der Waals surface area contributed by atoms with Crippen molar-refractivity contribution in [2.24, 2.45) is 0 Å². The van der Waals surface area contributed by atoms with Crippen molar-refractivity contribution in [1.29, 1.82) is 0 Å². The van der Waals surface area contributed by atoms with Gasteiger partial charge >= 0.3 is 0 Å². The minimum Gasteiger partial charge on any atom is -0.497 e. The standard InChI is InChI=1S/C18H18N2O3/c1-21-13-6-7-14-15(11-13)20-18(19-14)9-5-12-4-8-16(22-2)17(10-12)23-3/h4-11H,1-3H3,(H,19,20)/b9-5+. The Labute approximate surface area is 134 Å². The van der Waals surface area contributed by atoms with Crippen LogP contribution < -0.4 is 14.2 Å². The summed E-state index contributed by atoms with van der Waals surface area (Å²) < 4.78 is 15.8. The molecule has 3 rings (SSSR count). The van der Waals surface area contributed by atoms with Gasteiger partial charge in [0.1, 0.15) is 11.6 Å². The van der Waals surface area contributed by atoms with Crippen molar-refractivity contribution in [2.45, 2.75) is 0 Å². The Morgan fingerprint density at radius 2 is 1.70 bits per heavy atom. The van der Waals surface area contributed by atoms with Crippen LogP contribution in [0.15, 0.2) is 36.4 Å². The molecule has 23 heavy (non-hydrogen) atoms. The number of nitrogens with zero attached hydrogens (tertiary/aromatic N) is 1. The van der Waals surface area contributed by atoms with Gasteiger partial charge < -0.3 is 19.2 Å². The molecule has 1 heterocycles. The molecule has 0 atom stereocenters. The van der Waals surface area contributed by atoms with Gasteiger partial charge in [-0.1, -0.05) is 12.1 Å². The smallest absolute Gasteiger partial charge is 0.161 e. The molecule has 0 amide bonds. The molecule has 0 aliphatic heterocycles. The highest BCUT2D eigenvalue weighted by Crippen LogP contribution is 2.28. The maximum absolute atomic E-state index is 5.31. The normalized spacial score (nSPS) is 11.1. The maximum atomic E-state index is 5.31. The number of aromatic amines is 1. The van der Waals surface area contributed by atoms with Gasteiger partial charge in [-0.15, -0.1) is 0 Å². The van der Waals surface area contributed by atoms with Gasteiger partial charge in [0.15, 0.2) is 11.5 Å². The van der Waals surface area contributed by atoms with Gasteiger partial charge in [0.25, 0.3) is 0 Å². The molecule has 3 aromatic rings. The van der Waals surface area contributed by atoms with Crippen molar-refractivity contribution < 1.29 is 14.2 Å². The third-order valence-electron chi connectivity index (χ3n) is 3.55. The van der Waals surface area contributed by atoms with Crippen molar-refractivity contribution >= 4 is 23.2 Å². The van der Waals surface area contributed by atoms with E-state index in [0.717, 1.165) is 28.2 Å². The molecule has 0 saturated carbocycles. The number of rotatable bonds is 5. The van der Waals surface area contributed by atoms with Crippen molar-refractivity contribution in [3.05, 3.63) is 47.8 Å². The molecule has 118 valence electrons. The zero-order valence-corrected chi connectivity index (χ0v) is 13.3. The Hall–Kier alpha value is -2.95. The largest absolute Gasteiger partial charge is 0.497 e. The van der Waals surface area contributed by atoms with Crippen LogP contribution in [-0.2, 0) is 0 Å². The van der Waals surface area contributed by atoms with Crippen LogP contribution in [0.1, 0.15) is 11.4 Å². The predicted octanol–water partition coefficient (Wildman–Crippen LogP) is 3.76. The molecule has 0 bridgehead atoms. The van der Waals surface area contributed by atoms with E-state index in [0.29, 0.717) is 11.5 Å². The second-order valence-electron chi connectivity index (χ2n) is 4.95. The average Bonchev–Trinajstić information content (AvgIpc) is 3.01. The van der Waals surface area contributed by atoms with Crippen molar-refractivity contribution in [3.63, 3.8) is 0 Å². The summed E-state index contributed by atoms with van der Waals surface area (Å²) in [7, 11) is 4.89. The molecule has 0 saturated heterocycles. The molecule has 0 spiro atoms. The van der Waals surface area contributed by atoms with E-state index in [4.69, 9.17) is 14.2 Å². The van der Waals surface area contributed by atoms with E-state index in [1.165, 1.54) is 0 Å². The summed E-state index contributed by atoms with van der Waals surface area (Å²) >= 11 is 0. The first-order chi connectivity index (χ1) is 11.2. The summed E-state index contributed by atoms with van der Waals surface area (Å²) in [4.78, 5) is 7.78. The number of hydrogen-bond acceptors (Lipinski definition) is 4. The van der Waals surface area contributed by atoms with Crippen molar-refractivity contribution in [3.8, 4) is 17.2 Å². The first kappa shape index (κ1) is 15.0. The number of imidazole rings is 1. The van der Waals surface area contributed by atoms with Crippen LogP contribution in [-0.4, -0.2) is 31.3 Å². The summed E-state index contributed by atoms with van der Waals surface area (Å²) in [5, 5.41) is 0. The van der Waals surface area contributed by atoms with Gasteiger partial charge in [0, 0.05) is 6.07 Å². The summed E-state index contributed by atoms with van der Waals surface area (Å²) in [6.45, 7) is 0. The molecular formula is C18H18N2O3. The van der Waals surface area contributed by atoms with Gasteiger partial charge in [-0.25, -0.2) is 4.98 Å². The lowest BCUT2D eigenvalue weighted by Gasteiger charge is -2.07. The van der Waals surface area contributed by atoms with Crippen molar-refractivity contribution in [2.75, 3.05) is 21.3 Å². The van der Waals surface area contributed by atoms with E-state index in [2.05, 4.69) is 9.97 Å². The number of methoxy groups -OCH3 is 3. The van der Waals surface area contributed by atoms with Crippen LogP contribution in [0.3, 0.4) is 0 Å². The molecule has 0 radical (unpaired) electrons. The third-order valence-corrected chi connectivity index (χ3v) is 3.55. The van der Waals surface area contributed by atoms with Crippen LogP contribution in [0.5, 0.6) is 17.2 Å². The number of hydrogen-bond donors (Lipinski definition) is 1. The van der Waals surface area contributed by atoms with Gasteiger partial charge in [-0.2, -0.15) is 0 Å². The van der Waals surface area contributed by atoms with E-state index < -0.39 is 0 Å². The van der Waals surface area contributed by atoms with Crippen molar-refractivity contribution in [1.82, 2.24) is 9.97 Å². The minimum atomic E-state index is 0.698. The Balaban J connectivity index is 1.87. The fourth-order valence-electron chi connectivity index (χ4n) is 2.35. The van der Waals surface area contributed by atoms with Gasteiger partial charge in [0.05, 0.1) is 32.4 Å². The molecule has 1 aromatic heterocycles. The maximum Gasteiger partial charge on any atom is 0.161 e. The topological polar surface area (TPSA) is 56.4 Å². The van der Waals surface area contributed by atoms with Crippen LogP contribution in [0.4, 0.5) is 0 Å². The zero-order valence-electron chi connectivity index (χ0n) is 13.3. The highest BCUT2D eigenvalue weighted by molar-refractivity contribution is 5.80. The lowest BCUT2D eigenvalue weighted by molar-refractivity contribution is 0.355.